The Bertz CT molecular complexity index is 309. The first-order valence-electron chi connectivity index (χ1n) is 6.65. The van der Waals surface area contributed by atoms with Crippen LogP contribution in [0, 0.1) is 0 Å². The van der Waals surface area contributed by atoms with E-state index in [1.54, 1.807) is 0 Å². The lowest BCUT2D eigenvalue weighted by Gasteiger charge is -2.43. The first-order chi connectivity index (χ1) is 8.00. The fraction of sp³-hybridized carbons (Fsp3) is 0.786. The molecule has 17 heavy (non-hydrogen) atoms. The van der Waals surface area contributed by atoms with Crippen molar-refractivity contribution in [2.45, 2.75) is 45.2 Å². The minimum atomic E-state index is 0.283. The number of carbonyl (C=O) groups is 1. The molecule has 0 radical (unpaired) electrons. The molecule has 3 heteroatoms. The van der Waals surface area contributed by atoms with Crippen molar-refractivity contribution < 1.29 is 4.79 Å². The summed E-state index contributed by atoms with van der Waals surface area (Å²) < 4.78 is 0. The second-order valence-corrected chi connectivity index (χ2v) is 6.16. The van der Waals surface area contributed by atoms with E-state index in [9.17, 15) is 4.79 Å². The molecule has 0 amide bonds. The maximum atomic E-state index is 10.7. The second-order valence-electron chi connectivity index (χ2n) is 6.16. The van der Waals surface area contributed by atoms with E-state index in [0.29, 0.717) is 6.04 Å². The lowest BCUT2D eigenvalue weighted by atomic mass is 10.0. The lowest BCUT2D eigenvalue weighted by molar-refractivity contribution is -0.105. The Hall–Kier alpha value is -0.670. The molecule has 3 nitrogen and oxygen atoms in total. The van der Waals surface area contributed by atoms with E-state index in [1.165, 1.54) is 0 Å². The van der Waals surface area contributed by atoms with Crippen molar-refractivity contribution >= 4 is 6.29 Å². The number of aldehydes is 1. The first-order valence-corrected chi connectivity index (χ1v) is 6.65. The standard InChI is InChI=1S/C14H24N2O/c1-14(2,3)16-8-6-15(7-9-16)13-5-4-12(10-13)11-17/h10-11,13H,4-9H2,1-3H3. The average molecular weight is 236 g/mol. The van der Waals surface area contributed by atoms with Gasteiger partial charge >= 0.3 is 0 Å². The summed E-state index contributed by atoms with van der Waals surface area (Å²) in [5, 5.41) is 0. The van der Waals surface area contributed by atoms with E-state index >= 15 is 0 Å². The minimum absolute atomic E-state index is 0.283. The van der Waals surface area contributed by atoms with Gasteiger partial charge in [0.1, 0.15) is 6.29 Å². The Morgan fingerprint density at radius 3 is 2.35 bits per heavy atom. The molecule has 96 valence electrons. The molecule has 0 aromatic rings. The van der Waals surface area contributed by atoms with Crippen LogP contribution in [-0.2, 0) is 4.79 Å². The Labute approximate surface area is 104 Å². The summed E-state index contributed by atoms with van der Waals surface area (Å²) in [4.78, 5) is 15.8. The van der Waals surface area contributed by atoms with E-state index in [2.05, 4.69) is 36.6 Å². The topological polar surface area (TPSA) is 23.6 Å². The van der Waals surface area contributed by atoms with Crippen molar-refractivity contribution in [1.29, 1.82) is 0 Å². The maximum absolute atomic E-state index is 10.7. The summed E-state index contributed by atoms with van der Waals surface area (Å²) in [5.41, 5.74) is 1.28. The van der Waals surface area contributed by atoms with Gasteiger partial charge in [-0.1, -0.05) is 6.08 Å². The highest BCUT2D eigenvalue weighted by atomic mass is 16.1. The highest BCUT2D eigenvalue weighted by Crippen LogP contribution is 2.24. The van der Waals surface area contributed by atoms with E-state index in [1.807, 2.05) is 0 Å². The summed E-state index contributed by atoms with van der Waals surface area (Å²) in [7, 11) is 0. The van der Waals surface area contributed by atoms with E-state index in [4.69, 9.17) is 0 Å². The summed E-state index contributed by atoms with van der Waals surface area (Å²) in [5.74, 6) is 0. The first kappa shape index (κ1) is 12.8. The Balaban J connectivity index is 1.88. The van der Waals surface area contributed by atoms with Gasteiger partial charge in [0, 0.05) is 37.8 Å². The van der Waals surface area contributed by atoms with Crippen LogP contribution in [0.3, 0.4) is 0 Å². The summed E-state index contributed by atoms with van der Waals surface area (Å²) in [6.07, 6.45) is 5.28. The zero-order valence-electron chi connectivity index (χ0n) is 11.3. The molecule has 1 saturated heterocycles. The van der Waals surface area contributed by atoms with Gasteiger partial charge in [-0.25, -0.2) is 0 Å². The van der Waals surface area contributed by atoms with Gasteiger partial charge in [-0.2, -0.15) is 0 Å². The predicted molar refractivity (Wildman–Crippen MR) is 70.1 cm³/mol. The number of nitrogens with zero attached hydrogens (tertiary/aromatic N) is 2. The van der Waals surface area contributed by atoms with Crippen LogP contribution >= 0.6 is 0 Å². The molecule has 1 aliphatic heterocycles. The number of carbonyl (C=O) groups excluding carboxylic acids is 1. The molecule has 0 aromatic carbocycles. The van der Waals surface area contributed by atoms with Gasteiger partial charge < -0.3 is 0 Å². The molecular formula is C14H24N2O. The van der Waals surface area contributed by atoms with Crippen LogP contribution in [0.4, 0.5) is 0 Å². The molecule has 0 bridgehead atoms. The molecule has 0 spiro atoms. The van der Waals surface area contributed by atoms with Gasteiger partial charge in [0.2, 0.25) is 0 Å². The fourth-order valence-electron chi connectivity index (χ4n) is 2.84. The molecule has 1 fully saturated rings. The number of rotatable bonds is 2. The van der Waals surface area contributed by atoms with E-state index < -0.39 is 0 Å². The van der Waals surface area contributed by atoms with Crippen LogP contribution in [0.15, 0.2) is 11.6 Å². The van der Waals surface area contributed by atoms with Crippen LogP contribution < -0.4 is 0 Å². The van der Waals surface area contributed by atoms with Crippen LogP contribution in [-0.4, -0.2) is 53.8 Å². The third-order valence-electron chi connectivity index (χ3n) is 4.02. The Morgan fingerprint density at radius 1 is 1.24 bits per heavy atom. The Kier molecular flexibility index (Phi) is 3.69. The molecule has 0 aromatic heterocycles. The highest BCUT2D eigenvalue weighted by molar-refractivity contribution is 5.74. The quantitative estimate of drug-likeness (QED) is 0.682. The third-order valence-corrected chi connectivity index (χ3v) is 4.02. The molecule has 1 atom stereocenters. The average Bonchev–Trinajstić information content (AvgIpc) is 2.76. The van der Waals surface area contributed by atoms with Crippen molar-refractivity contribution in [3.8, 4) is 0 Å². The predicted octanol–water partition coefficient (Wildman–Crippen LogP) is 1.69. The molecule has 0 saturated carbocycles. The zero-order chi connectivity index (χ0) is 12.5. The molecular weight excluding hydrogens is 212 g/mol. The lowest BCUT2D eigenvalue weighted by Crippen LogP contribution is -2.55. The van der Waals surface area contributed by atoms with Crippen molar-refractivity contribution in [1.82, 2.24) is 9.80 Å². The van der Waals surface area contributed by atoms with E-state index in [0.717, 1.165) is 50.9 Å². The van der Waals surface area contributed by atoms with Gasteiger partial charge in [0.15, 0.2) is 0 Å². The van der Waals surface area contributed by atoms with Crippen molar-refractivity contribution in [3.05, 3.63) is 11.6 Å². The summed E-state index contributed by atoms with van der Waals surface area (Å²) in [6, 6.07) is 0.511. The van der Waals surface area contributed by atoms with Gasteiger partial charge in [-0.15, -0.1) is 0 Å². The largest absolute Gasteiger partial charge is 0.298 e. The minimum Gasteiger partial charge on any atom is -0.298 e. The van der Waals surface area contributed by atoms with Crippen molar-refractivity contribution in [2.75, 3.05) is 26.2 Å². The maximum Gasteiger partial charge on any atom is 0.145 e. The van der Waals surface area contributed by atoms with E-state index in [-0.39, 0.29) is 5.54 Å². The van der Waals surface area contributed by atoms with Crippen molar-refractivity contribution in [2.24, 2.45) is 0 Å². The molecule has 2 aliphatic rings. The van der Waals surface area contributed by atoms with Gasteiger partial charge in [0.25, 0.3) is 0 Å². The molecule has 1 aliphatic carbocycles. The zero-order valence-corrected chi connectivity index (χ0v) is 11.3. The SMILES string of the molecule is CC(C)(C)N1CCN(C2C=C(C=O)CC2)CC1. The monoisotopic (exact) mass is 236 g/mol. The van der Waals surface area contributed by atoms with Crippen molar-refractivity contribution in [3.63, 3.8) is 0 Å². The molecule has 2 rings (SSSR count). The van der Waals surface area contributed by atoms with Gasteiger partial charge in [0.05, 0.1) is 0 Å². The fourth-order valence-corrected chi connectivity index (χ4v) is 2.84. The third kappa shape index (κ3) is 2.96. The molecule has 1 unspecified atom stereocenters. The highest BCUT2D eigenvalue weighted by Gasteiger charge is 2.29. The molecule has 0 N–H and O–H groups in total. The van der Waals surface area contributed by atoms with Crippen LogP contribution in [0.2, 0.25) is 0 Å². The number of piperazine rings is 1. The smallest absolute Gasteiger partial charge is 0.145 e. The normalized spacial score (nSPS) is 28.2. The van der Waals surface area contributed by atoms with Crippen LogP contribution in [0.5, 0.6) is 0 Å². The van der Waals surface area contributed by atoms with Gasteiger partial charge in [-0.05, 0) is 39.2 Å². The number of allylic oxidation sites excluding steroid dienone is 1. The van der Waals surface area contributed by atoms with Gasteiger partial charge in [-0.3, -0.25) is 14.6 Å². The van der Waals surface area contributed by atoms with Crippen LogP contribution in [0.1, 0.15) is 33.6 Å². The number of hydrogen-bond acceptors (Lipinski definition) is 3. The number of hydrogen-bond donors (Lipinski definition) is 0. The summed E-state index contributed by atoms with van der Waals surface area (Å²) in [6.45, 7) is 11.4. The Morgan fingerprint density at radius 2 is 1.88 bits per heavy atom. The molecule has 1 heterocycles. The second kappa shape index (κ2) is 4.91. The van der Waals surface area contributed by atoms with Crippen LogP contribution in [0.25, 0.3) is 0 Å². The summed E-state index contributed by atoms with van der Waals surface area (Å²) >= 11 is 0.